The van der Waals surface area contributed by atoms with Crippen LogP contribution in [0, 0.1) is 5.41 Å². The fourth-order valence-corrected chi connectivity index (χ4v) is 0.567. The van der Waals surface area contributed by atoms with Crippen LogP contribution in [0.5, 0.6) is 0 Å². The molecular weight excluding hydrogens is 188 g/mol. The Morgan fingerprint density at radius 1 is 1.29 bits per heavy atom. The van der Waals surface area contributed by atoms with E-state index in [-0.39, 0.29) is 12.5 Å². The molecule has 3 N–H and O–H groups in total. The molecule has 0 saturated heterocycles. The summed E-state index contributed by atoms with van der Waals surface area (Å²) in [6.45, 7) is 2.33. The van der Waals surface area contributed by atoms with Crippen LogP contribution in [0.1, 0.15) is 13.8 Å². The fourth-order valence-electron chi connectivity index (χ4n) is 0.567. The van der Waals surface area contributed by atoms with Gasteiger partial charge in [0.25, 0.3) is 0 Å². The summed E-state index contributed by atoms with van der Waals surface area (Å²) in [5.41, 5.74) is -1.52. The van der Waals surface area contributed by atoms with Gasteiger partial charge in [-0.25, -0.2) is 0 Å². The molecule has 0 aromatic heterocycles. The highest BCUT2D eigenvalue weighted by molar-refractivity contribution is 6.01. The molecule has 0 unspecified atom stereocenters. The van der Waals surface area contributed by atoms with Gasteiger partial charge < -0.3 is 15.7 Å². The van der Waals surface area contributed by atoms with Gasteiger partial charge in [-0.1, -0.05) is 0 Å². The quantitative estimate of drug-likeness (QED) is 0.507. The molecule has 0 aliphatic rings. The van der Waals surface area contributed by atoms with Crippen molar-refractivity contribution < 1.29 is 19.5 Å². The number of nitrogens with one attached hydrogen (secondary N) is 2. The van der Waals surface area contributed by atoms with Crippen LogP contribution in [-0.2, 0) is 14.4 Å². The van der Waals surface area contributed by atoms with E-state index in [0.29, 0.717) is 0 Å². The first-order valence-electron chi connectivity index (χ1n) is 4.04. The van der Waals surface area contributed by atoms with Crippen LogP contribution in [-0.4, -0.2) is 36.5 Å². The number of hydrogen-bond acceptors (Lipinski definition) is 3. The molecule has 80 valence electrons. The van der Waals surface area contributed by atoms with Crippen LogP contribution in [0.4, 0.5) is 0 Å². The zero-order valence-electron chi connectivity index (χ0n) is 8.38. The van der Waals surface area contributed by atoms with E-state index in [0.717, 1.165) is 0 Å². The third-order valence-corrected chi connectivity index (χ3v) is 1.79. The maximum Gasteiger partial charge on any atom is 0.318 e. The zero-order valence-corrected chi connectivity index (χ0v) is 8.38. The van der Waals surface area contributed by atoms with E-state index < -0.39 is 17.3 Å². The highest BCUT2D eigenvalue weighted by Gasteiger charge is 2.35. The summed E-state index contributed by atoms with van der Waals surface area (Å²) in [4.78, 5) is 32.6. The van der Waals surface area contributed by atoms with E-state index in [4.69, 9.17) is 5.11 Å². The summed E-state index contributed by atoms with van der Waals surface area (Å²) in [7, 11) is 1.43. The molecule has 0 aliphatic heterocycles. The van der Waals surface area contributed by atoms with Crippen molar-refractivity contribution >= 4 is 17.8 Å². The third-order valence-electron chi connectivity index (χ3n) is 1.79. The lowest BCUT2D eigenvalue weighted by Gasteiger charge is -2.17. The van der Waals surface area contributed by atoms with Gasteiger partial charge in [-0.15, -0.1) is 0 Å². The highest BCUT2D eigenvalue weighted by Crippen LogP contribution is 2.14. The van der Waals surface area contributed by atoms with Crippen LogP contribution < -0.4 is 10.6 Å². The minimum Gasteiger partial charge on any atom is -0.480 e. The van der Waals surface area contributed by atoms with Gasteiger partial charge in [0.1, 0.15) is 5.41 Å². The minimum absolute atomic E-state index is 0.216. The van der Waals surface area contributed by atoms with Gasteiger partial charge in [-0.2, -0.15) is 0 Å². The molecule has 0 aliphatic carbocycles. The number of rotatable bonds is 4. The fraction of sp³-hybridized carbons (Fsp3) is 0.625. The molecule has 0 radical (unpaired) electrons. The molecule has 14 heavy (non-hydrogen) atoms. The Balaban J connectivity index is 4.22. The molecule has 0 atom stereocenters. The van der Waals surface area contributed by atoms with Crippen molar-refractivity contribution in [1.82, 2.24) is 10.6 Å². The van der Waals surface area contributed by atoms with Crippen molar-refractivity contribution in [1.29, 1.82) is 0 Å². The van der Waals surface area contributed by atoms with Gasteiger partial charge in [0.2, 0.25) is 11.8 Å². The van der Waals surface area contributed by atoms with Crippen molar-refractivity contribution in [3.05, 3.63) is 0 Å². The van der Waals surface area contributed by atoms with Crippen LogP contribution in [0.15, 0.2) is 0 Å². The van der Waals surface area contributed by atoms with Gasteiger partial charge in [0.15, 0.2) is 0 Å². The van der Waals surface area contributed by atoms with Gasteiger partial charge in [0, 0.05) is 7.05 Å². The van der Waals surface area contributed by atoms with Gasteiger partial charge >= 0.3 is 5.97 Å². The Labute approximate surface area is 81.7 Å². The Bertz CT molecular complexity index is 260. The lowest BCUT2D eigenvalue weighted by atomic mass is 9.93. The standard InChI is InChI=1S/C8H14N2O4/c1-8(2,7(13)14)6(12)10-4-5(11)9-3/h4H2,1-3H3,(H,9,11)(H,10,12)(H,13,14). The van der Waals surface area contributed by atoms with Gasteiger partial charge in [-0.05, 0) is 13.8 Å². The van der Waals surface area contributed by atoms with Crippen molar-refractivity contribution in [3.63, 3.8) is 0 Å². The van der Waals surface area contributed by atoms with Crippen LogP contribution in [0.25, 0.3) is 0 Å². The predicted molar refractivity (Wildman–Crippen MR) is 48.5 cm³/mol. The van der Waals surface area contributed by atoms with Gasteiger partial charge in [0.05, 0.1) is 6.54 Å². The number of likely N-dealkylation sites (N-methyl/N-ethyl adjacent to an activating group) is 1. The summed E-state index contributed by atoms with van der Waals surface area (Å²) in [6.07, 6.45) is 0. The maximum atomic E-state index is 11.3. The molecule has 0 saturated carbocycles. The molecule has 0 heterocycles. The Morgan fingerprint density at radius 2 is 1.79 bits per heavy atom. The monoisotopic (exact) mass is 202 g/mol. The molecule has 0 fully saturated rings. The zero-order chi connectivity index (χ0) is 11.4. The number of aliphatic carboxylic acids is 1. The highest BCUT2D eigenvalue weighted by atomic mass is 16.4. The predicted octanol–water partition coefficient (Wildman–Crippen LogP) is -1.04. The number of carbonyl (C=O) groups is 3. The number of amides is 2. The number of carboxylic acids is 1. The molecule has 0 aromatic rings. The normalized spacial score (nSPS) is 10.5. The van der Waals surface area contributed by atoms with Crippen molar-refractivity contribution in [2.75, 3.05) is 13.6 Å². The molecule has 0 spiro atoms. The molecule has 6 nitrogen and oxygen atoms in total. The Kier molecular flexibility index (Phi) is 4.07. The second kappa shape index (κ2) is 4.59. The lowest BCUT2D eigenvalue weighted by molar-refractivity contribution is -0.153. The summed E-state index contributed by atoms with van der Waals surface area (Å²) in [5, 5.41) is 13.2. The molecule has 0 bridgehead atoms. The number of carboxylic acid groups (broad SMARTS) is 1. The first kappa shape index (κ1) is 12.4. The van der Waals surface area contributed by atoms with E-state index in [1.165, 1.54) is 20.9 Å². The Morgan fingerprint density at radius 3 is 2.14 bits per heavy atom. The summed E-state index contributed by atoms with van der Waals surface area (Å²) in [6, 6.07) is 0. The van der Waals surface area contributed by atoms with E-state index in [9.17, 15) is 14.4 Å². The van der Waals surface area contributed by atoms with Crippen molar-refractivity contribution in [2.45, 2.75) is 13.8 Å². The Hall–Kier alpha value is -1.59. The molecule has 0 aromatic carbocycles. The molecular formula is C8H14N2O4. The van der Waals surface area contributed by atoms with E-state index >= 15 is 0 Å². The molecule has 0 rings (SSSR count). The second-order valence-corrected chi connectivity index (χ2v) is 3.29. The van der Waals surface area contributed by atoms with Crippen LogP contribution >= 0.6 is 0 Å². The summed E-state index contributed by atoms with van der Waals surface area (Å²) < 4.78 is 0. The number of hydrogen-bond donors (Lipinski definition) is 3. The van der Waals surface area contributed by atoms with Crippen molar-refractivity contribution in [3.8, 4) is 0 Å². The largest absolute Gasteiger partial charge is 0.480 e. The molecule has 6 heteroatoms. The SMILES string of the molecule is CNC(=O)CNC(=O)C(C)(C)C(=O)O. The average Bonchev–Trinajstić information content (AvgIpc) is 2.12. The van der Waals surface area contributed by atoms with Crippen LogP contribution in [0.3, 0.4) is 0 Å². The summed E-state index contributed by atoms with van der Waals surface area (Å²) >= 11 is 0. The average molecular weight is 202 g/mol. The first-order chi connectivity index (χ1) is 6.32. The minimum atomic E-state index is -1.52. The van der Waals surface area contributed by atoms with Crippen LogP contribution in [0.2, 0.25) is 0 Å². The lowest BCUT2D eigenvalue weighted by Crippen LogP contribution is -2.45. The second-order valence-electron chi connectivity index (χ2n) is 3.29. The molecule has 2 amide bonds. The van der Waals surface area contributed by atoms with Crippen molar-refractivity contribution in [2.24, 2.45) is 5.41 Å². The third kappa shape index (κ3) is 3.04. The van der Waals surface area contributed by atoms with E-state index in [1.807, 2.05) is 0 Å². The topological polar surface area (TPSA) is 95.5 Å². The van der Waals surface area contributed by atoms with Gasteiger partial charge in [-0.3, -0.25) is 14.4 Å². The summed E-state index contributed by atoms with van der Waals surface area (Å²) in [5.74, 6) is -2.29. The number of carbonyl (C=O) groups excluding carboxylic acids is 2. The van der Waals surface area contributed by atoms with E-state index in [2.05, 4.69) is 10.6 Å². The smallest absolute Gasteiger partial charge is 0.318 e. The van der Waals surface area contributed by atoms with E-state index in [1.54, 1.807) is 0 Å². The first-order valence-corrected chi connectivity index (χ1v) is 4.04. The maximum absolute atomic E-state index is 11.3.